The number of nitrogens with one attached hydrogen (secondary N) is 1. The summed E-state index contributed by atoms with van der Waals surface area (Å²) < 4.78 is 6.05. The molecular weight excluding hydrogens is 401 g/mol. The van der Waals surface area contributed by atoms with Crippen LogP contribution in [-0.2, 0) is 9.53 Å². The molecule has 1 radical (unpaired) electrons. The van der Waals surface area contributed by atoms with Gasteiger partial charge < -0.3 is 15.8 Å². The number of carbonyl (C=O) groups excluding carboxylic acids is 2. The summed E-state index contributed by atoms with van der Waals surface area (Å²) in [6.45, 7) is 24.3. The molecule has 3 N–H and O–H groups in total. The van der Waals surface area contributed by atoms with E-state index in [1.807, 2.05) is 0 Å². The molecule has 1 saturated heterocycles. The fourth-order valence-electron chi connectivity index (χ4n) is 6.22. The zero-order chi connectivity index (χ0) is 25.0. The van der Waals surface area contributed by atoms with Gasteiger partial charge in [-0.05, 0) is 58.5 Å². The third-order valence-corrected chi connectivity index (χ3v) is 7.32. The first kappa shape index (κ1) is 28.8. The lowest BCUT2D eigenvalue weighted by atomic mass is 9.50. The highest BCUT2D eigenvalue weighted by atomic mass is 16.5. The van der Waals surface area contributed by atoms with Crippen LogP contribution in [0, 0.1) is 16.7 Å². The first-order valence-corrected chi connectivity index (χ1v) is 12.2. The molecule has 1 atom stereocenters. The van der Waals surface area contributed by atoms with Crippen molar-refractivity contribution in [1.29, 1.82) is 0 Å². The van der Waals surface area contributed by atoms with E-state index in [0.717, 1.165) is 38.8 Å². The van der Waals surface area contributed by atoms with Crippen molar-refractivity contribution < 1.29 is 14.3 Å². The number of hydrogen-bond acceptors (Lipinski definition) is 4. The Balaban J connectivity index is 2.96. The van der Waals surface area contributed by atoms with E-state index in [1.54, 1.807) is 0 Å². The number of ether oxygens (including phenoxy) is 1. The molecule has 32 heavy (non-hydrogen) atoms. The minimum Gasteiger partial charge on any atom is -0.461 e. The third-order valence-electron chi connectivity index (χ3n) is 7.32. The van der Waals surface area contributed by atoms with Gasteiger partial charge in [-0.15, -0.1) is 0 Å². The van der Waals surface area contributed by atoms with Gasteiger partial charge in [0.25, 0.3) is 0 Å². The van der Waals surface area contributed by atoms with Crippen molar-refractivity contribution >= 4 is 19.3 Å². The van der Waals surface area contributed by atoms with E-state index in [9.17, 15) is 9.59 Å². The molecule has 185 valence electrons. The van der Waals surface area contributed by atoms with Crippen molar-refractivity contribution in [3.05, 3.63) is 0 Å². The molecule has 1 rings (SSSR count). The normalized spacial score (nSPS) is 18.2. The topological polar surface area (TPSA) is 84.7 Å². The monoisotopic (exact) mass is 450 g/mol. The number of amides is 2. The summed E-state index contributed by atoms with van der Waals surface area (Å²) in [6.07, 6.45) is 3.76. The molecule has 1 unspecified atom stereocenters. The maximum atomic E-state index is 12.1. The summed E-state index contributed by atoms with van der Waals surface area (Å²) in [6, 6.07) is -0.447. The molecule has 1 aliphatic heterocycles. The second-order valence-electron chi connectivity index (χ2n) is 12.6. The summed E-state index contributed by atoms with van der Waals surface area (Å²) >= 11 is 0. The number of primary amides is 1. The predicted octanol–water partition coefficient (Wildman–Crippen LogP) is 4.86. The molecule has 1 heterocycles. The number of piperidine rings is 1. The minimum atomic E-state index is -0.447. The number of nitrogens with zero attached hydrogens (tertiary/aromatic N) is 1. The molecule has 1 aliphatic rings. The van der Waals surface area contributed by atoms with Crippen LogP contribution in [0.5, 0.6) is 0 Å². The molecular formula is C25H49BN3O3. The first-order chi connectivity index (χ1) is 14.4. The Labute approximate surface area is 198 Å². The standard InChI is InChI=1S/C25H49BN3O3/c1-18(30)32-20(22(2,3)16-24(6,7)26-10)23(4,5)17-25(8,9)29-13-11-19(12-14-29)15-28-21(27)31/h19-20H,11-17H2,1-10H3,(H3,27,28,31). The molecule has 6 nitrogen and oxygen atoms in total. The van der Waals surface area contributed by atoms with Crippen molar-refractivity contribution in [3.63, 3.8) is 0 Å². The molecule has 0 aromatic rings. The smallest absolute Gasteiger partial charge is 0.312 e. The number of rotatable bonds is 11. The number of hydrogen-bond donors (Lipinski definition) is 2. The van der Waals surface area contributed by atoms with Crippen molar-refractivity contribution in [2.24, 2.45) is 22.5 Å². The quantitative estimate of drug-likeness (QED) is 0.348. The van der Waals surface area contributed by atoms with Crippen molar-refractivity contribution in [3.8, 4) is 0 Å². The predicted molar refractivity (Wildman–Crippen MR) is 134 cm³/mol. The van der Waals surface area contributed by atoms with E-state index >= 15 is 0 Å². The molecule has 0 bridgehead atoms. The average molecular weight is 450 g/mol. The Hall–Kier alpha value is -1.24. The SMILES string of the molecule is C[B]C(C)(C)CC(C)(C)C(OC(C)=O)C(C)(C)CC(C)(C)N1CCC(CNC(N)=O)CC1. The van der Waals surface area contributed by atoms with Crippen molar-refractivity contribution in [2.45, 2.75) is 112 Å². The van der Waals surface area contributed by atoms with Crippen LogP contribution in [0.1, 0.15) is 88.0 Å². The fraction of sp³-hybridized carbons (Fsp3) is 0.920. The van der Waals surface area contributed by atoms with E-state index in [1.165, 1.54) is 6.92 Å². The molecule has 1 fully saturated rings. The average Bonchev–Trinajstić information content (AvgIpc) is 2.63. The lowest BCUT2D eigenvalue weighted by Crippen LogP contribution is -2.54. The van der Waals surface area contributed by atoms with Gasteiger partial charge in [-0.2, -0.15) is 0 Å². The van der Waals surface area contributed by atoms with Crippen LogP contribution in [0.25, 0.3) is 0 Å². The number of carbonyl (C=O) groups is 2. The number of likely N-dealkylation sites (tertiary alicyclic amines) is 1. The zero-order valence-electron chi connectivity index (χ0n) is 22.4. The third kappa shape index (κ3) is 8.60. The van der Waals surface area contributed by atoms with E-state index in [4.69, 9.17) is 10.5 Å². The molecule has 0 spiro atoms. The lowest BCUT2D eigenvalue weighted by Gasteiger charge is -2.51. The Morgan fingerprint density at radius 2 is 1.53 bits per heavy atom. The molecule has 0 aromatic carbocycles. The summed E-state index contributed by atoms with van der Waals surface area (Å²) in [4.78, 5) is 25.7. The lowest BCUT2D eigenvalue weighted by molar-refractivity contribution is -0.167. The van der Waals surface area contributed by atoms with E-state index < -0.39 is 6.03 Å². The van der Waals surface area contributed by atoms with E-state index in [2.05, 4.69) is 79.7 Å². The Morgan fingerprint density at radius 1 is 1.03 bits per heavy atom. The molecule has 2 amide bonds. The largest absolute Gasteiger partial charge is 0.461 e. The van der Waals surface area contributed by atoms with Gasteiger partial charge in [-0.3, -0.25) is 9.69 Å². The highest BCUT2D eigenvalue weighted by Gasteiger charge is 2.48. The fourth-order valence-corrected chi connectivity index (χ4v) is 6.22. The van der Waals surface area contributed by atoms with Crippen LogP contribution in [0.2, 0.25) is 12.1 Å². The van der Waals surface area contributed by atoms with Crippen LogP contribution >= 0.6 is 0 Å². The van der Waals surface area contributed by atoms with Gasteiger partial charge in [0.15, 0.2) is 0 Å². The Morgan fingerprint density at radius 3 is 1.97 bits per heavy atom. The van der Waals surface area contributed by atoms with Crippen molar-refractivity contribution in [2.75, 3.05) is 19.6 Å². The van der Waals surface area contributed by atoms with Crippen molar-refractivity contribution in [1.82, 2.24) is 10.2 Å². The maximum absolute atomic E-state index is 12.1. The van der Waals surface area contributed by atoms with Gasteiger partial charge in [-0.25, -0.2) is 4.79 Å². The van der Waals surface area contributed by atoms with Gasteiger partial charge in [0, 0.05) is 29.8 Å². The second-order valence-corrected chi connectivity index (χ2v) is 12.6. The van der Waals surface area contributed by atoms with Crippen LogP contribution in [0.3, 0.4) is 0 Å². The van der Waals surface area contributed by atoms with Gasteiger partial charge in [0.05, 0.1) is 0 Å². The van der Waals surface area contributed by atoms with Gasteiger partial charge in [0.2, 0.25) is 0 Å². The Kier molecular flexibility index (Phi) is 9.71. The van der Waals surface area contributed by atoms with Gasteiger partial charge in [0.1, 0.15) is 13.4 Å². The molecule has 0 aromatic heterocycles. The van der Waals surface area contributed by atoms with Crippen LogP contribution in [0.4, 0.5) is 4.79 Å². The summed E-state index contributed by atoms with van der Waals surface area (Å²) in [5, 5.41) is 2.81. The second kappa shape index (κ2) is 10.8. The maximum Gasteiger partial charge on any atom is 0.312 e. The van der Waals surface area contributed by atoms with Crippen LogP contribution in [0.15, 0.2) is 0 Å². The van der Waals surface area contributed by atoms with Crippen LogP contribution < -0.4 is 11.1 Å². The zero-order valence-corrected chi connectivity index (χ0v) is 22.4. The van der Waals surface area contributed by atoms with Gasteiger partial charge in [-0.1, -0.05) is 53.7 Å². The minimum absolute atomic E-state index is 0.0353. The number of nitrogens with two attached hydrogens (primary N) is 1. The highest BCUT2D eigenvalue weighted by Crippen LogP contribution is 2.49. The Bertz CT molecular complexity index is 638. The highest BCUT2D eigenvalue weighted by molar-refractivity contribution is 6.37. The number of urea groups is 1. The summed E-state index contributed by atoms with van der Waals surface area (Å²) in [7, 11) is 2.24. The molecule has 7 heteroatoms. The molecule has 0 aliphatic carbocycles. The summed E-state index contributed by atoms with van der Waals surface area (Å²) in [5.74, 6) is 0.262. The van der Waals surface area contributed by atoms with E-state index in [-0.39, 0.29) is 33.8 Å². The first-order valence-electron chi connectivity index (χ1n) is 12.2. The van der Waals surface area contributed by atoms with Gasteiger partial charge >= 0.3 is 12.0 Å². The molecule has 0 saturated carbocycles. The number of esters is 1. The van der Waals surface area contributed by atoms with Crippen LogP contribution in [-0.4, -0.2) is 55.5 Å². The van der Waals surface area contributed by atoms with E-state index in [0.29, 0.717) is 12.5 Å². The summed E-state index contributed by atoms with van der Waals surface area (Å²) in [5.41, 5.74) is 4.81.